The molecule has 1 rings (SSSR count). The second-order valence-corrected chi connectivity index (χ2v) is 5.27. The first-order chi connectivity index (χ1) is 9.40. The zero-order valence-electron chi connectivity index (χ0n) is 12.0. The predicted molar refractivity (Wildman–Crippen MR) is 73.3 cm³/mol. The highest BCUT2D eigenvalue weighted by Crippen LogP contribution is 2.26. The van der Waals surface area contributed by atoms with Gasteiger partial charge in [0.05, 0.1) is 6.42 Å². The molecule has 3 N–H and O–H groups in total. The van der Waals surface area contributed by atoms with E-state index in [1.165, 1.54) is 0 Å². The van der Waals surface area contributed by atoms with Crippen LogP contribution in [0.2, 0.25) is 0 Å². The Morgan fingerprint density at radius 2 is 1.90 bits per heavy atom. The number of carbonyl (C=O) groups is 3. The average Bonchev–Trinajstić information content (AvgIpc) is 3.12. The maximum Gasteiger partial charge on any atom is 0.317 e. The van der Waals surface area contributed by atoms with Crippen molar-refractivity contribution in [3.05, 3.63) is 0 Å². The normalized spacial score (nSPS) is 13.9. The van der Waals surface area contributed by atoms with Crippen LogP contribution >= 0.6 is 0 Å². The molecule has 20 heavy (non-hydrogen) atoms. The molecule has 0 aliphatic heterocycles. The van der Waals surface area contributed by atoms with Crippen LogP contribution in [0.5, 0.6) is 0 Å². The van der Waals surface area contributed by atoms with Crippen molar-refractivity contribution in [2.45, 2.75) is 51.6 Å². The van der Waals surface area contributed by atoms with E-state index >= 15 is 0 Å². The molecule has 0 heterocycles. The number of carbonyl (C=O) groups excluding carboxylic acids is 2. The van der Waals surface area contributed by atoms with Crippen molar-refractivity contribution in [2.75, 3.05) is 13.1 Å². The van der Waals surface area contributed by atoms with Crippen LogP contribution in [0.3, 0.4) is 0 Å². The summed E-state index contributed by atoms with van der Waals surface area (Å²) in [7, 11) is 0. The molecular formula is C13H23N3O4. The second kappa shape index (κ2) is 7.72. The van der Waals surface area contributed by atoms with Crippen LogP contribution in [0.25, 0.3) is 0 Å². The topological polar surface area (TPSA) is 98.7 Å². The first kappa shape index (κ1) is 16.3. The molecule has 0 aromatic rings. The molecule has 0 unspecified atom stereocenters. The zero-order valence-corrected chi connectivity index (χ0v) is 12.0. The number of nitrogens with zero attached hydrogens (tertiary/aromatic N) is 1. The highest BCUT2D eigenvalue weighted by atomic mass is 16.4. The minimum absolute atomic E-state index is 0.0578. The lowest BCUT2D eigenvalue weighted by atomic mass is 10.3. The number of hydrogen-bond acceptors (Lipinski definition) is 3. The number of nitrogens with one attached hydrogen (secondary N) is 2. The van der Waals surface area contributed by atoms with Gasteiger partial charge < -0.3 is 20.6 Å². The van der Waals surface area contributed by atoms with Crippen molar-refractivity contribution in [3.8, 4) is 0 Å². The van der Waals surface area contributed by atoms with Gasteiger partial charge in [-0.2, -0.15) is 0 Å². The number of hydrogen-bond donors (Lipinski definition) is 3. The molecule has 1 saturated carbocycles. The molecule has 7 heteroatoms. The van der Waals surface area contributed by atoms with Crippen LogP contribution in [-0.2, 0) is 9.59 Å². The van der Waals surface area contributed by atoms with Crippen molar-refractivity contribution in [3.63, 3.8) is 0 Å². The number of aliphatic carboxylic acids is 1. The Kier molecular flexibility index (Phi) is 6.27. The average molecular weight is 285 g/mol. The summed E-state index contributed by atoms with van der Waals surface area (Å²) >= 11 is 0. The van der Waals surface area contributed by atoms with Gasteiger partial charge in [-0.25, -0.2) is 4.79 Å². The van der Waals surface area contributed by atoms with Gasteiger partial charge in [0.15, 0.2) is 0 Å². The summed E-state index contributed by atoms with van der Waals surface area (Å²) in [5.41, 5.74) is 0. The third kappa shape index (κ3) is 6.40. The summed E-state index contributed by atoms with van der Waals surface area (Å²) in [5.74, 6) is -1.02. The predicted octanol–water partition coefficient (Wildman–Crippen LogP) is 0.550. The summed E-state index contributed by atoms with van der Waals surface area (Å²) in [6.07, 6.45) is 2.00. The van der Waals surface area contributed by atoms with Crippen LogP contribution in [0, 0.1) is 0 Å². The Hall–Kier alpha value is -1.79. The SMILES string of the molecule is CC(C)NC(=O)CCNC(=O)N(CCC(=O)O)C1CC1. The molecule has 0 saturated heterocycles. The first-order valence-corrected chi connectivity index (χ1v) is 6.95. The fourth-order valence-electron chi connectivity index (χ4n) is 1.83. The van der Waals surface area contributed by atoms with E-state index in [2.05, 4.69) is 10.6 Å². The number of rotatable bonds is 8. The van der Waals surface area contributed by atoms with Crippen LogP contribution in [0.1, 0.15) is 39.5 Å². The molecule has 0 aromatic carbocycles. The fourth-order valence-corrected chi connectivity index (χ4v) is 1.83. The second-order valence-electron chi connectivity index (χ2n) is 5.27. The molecule has 3 amide bonds. The Labute approximate surface area is 118 Å². The van der Waals surface area contributed by atoms with E-state index in [1.54, 1.807) is 4.90 Å². The highest BCUT2D eigenvalue weighted by Gasteiger charge is 2.32. The van der Waals surface area contributed by atoms with E-state index in [0.29, 0.717) is 0 Å². The minimum atomic E-state index is -0.917. The quantitative estimate of drug-likeness (QED) is 0.606. The number of carboxylic acid groups (broad SMARTS) is 1. The maximum atomic E-state index is 11.9. The number of carboxylic acids is 1. The van der Waals surface area contributed by atoms with Crippen LogP contribution < -0.4 is 10.6 Å². The standard InChI is InChI=1S/C13H23N3O4/c1-9(2)15-11(17)5-7-14-13(20)16(10-3-4-10)8-6-12(18)19/h9-10H,3-8H2,1-2H3,(H,14,20)(H,15,17)(H,18,19). The number of amides is 3. The zero-order chi connectivity index (χ0) is 15.1. The third-order valence-corrected chi connectivity index (χ3v) is 2.89. The molecule has 1 fully saturated rings. The summed E-state index contributed by atoms with van der Waals surface area (Å²) in [5, 5.41) is 14.1. The molecule has 1 aliphatic rings. The molecule has 0 radical (unpaired) electrons. The molecule has 0 aromatic heterocycles. The minimum Gasteiger partial charge on any atom is -0.481 e. The van der Waals surface area contributed by atoms with E-state index in [0.717, 1.165) is 12.8 Å². The van der Waals surface area contributed by atoms with Crippen molar-refractivity contribution in [1.29, 1.82) is 0 Å². The van der Waals surface area contributed by atoms with Crippen LogP contribution in [0.4, 0.5) is 4.79 Å². The Morgan fingerprint density at radius 1 is 1.25 bits per heavy atom. The van der Waals surface area contributed by atoms with Gasteiger partial charge in [0, 0.05) is 31.6 Å². The fraction of sp³-hybridized carbons (Fsp3) is 0.769. The molecule has 114 valence electrons. The highest BCUT2D eigenvalue weighted by molar-refractivity contribution is 5.79. The van der Waals surface area contributed by atoms with Gasteiger partial charge >= 0.3 is 12.0 Å². The maximum absolute atomic E-state index is 11.9. The summed E-state index contributed by atoms with van der Waals surface area (Å²) in [6.45, 7) is 4.21. The van der Waals surface area contributed by atoms with Crippen LogP contribution in [0.15, 0.2) is 0 Å². The lowest BCUT2D eigenvalue weighted by Gasteiger charge is -2.22. The van der Waals surface area contributed by atoms with Crippen LogP contribution in [-0.4, -0.2) is 53.1 Å². The van der Waals surface area contributed by atoms with Crippen molar-refractivity contribution in [2.24, 2.45) is 0 Å². The molecule has 0 bridgehead atoms. The van der Waals surface area contributed by atoms with Gasteiger partial charge in [-0.3, -0.25) is 9.59 Å². The van der Waals surface area contributed by atoms with Gasteiger partial charge in [0.25, 0.3) is 0 Å². The third-order valence-electron chi connectivity index (χ3n) is 2.89. The van der Waals surface area contributed by atoms with Gasteiger partial charge in [0.2, 0.25) is 5.91 Å². The summed E-state index contributed by atoms with van der Waals surface area (Å²) in [6, 6.07) is -0.0540. The summed E-state index contributed by atoms with van der Waals surface area (Å²) in [4.78, 5) is 35.5. The molecule has 7 nitrogen and oxygen atoms in total. The molecule has 0 spiro atoms. The first-order valence-electron chi connectivity index (χ1n) is 6.95. The van der Waals surface area contributed by atoms with Crippen molar-refractivity contribution < 1.29 is 19.5 Å². The van der Waals surface area contributed by atoms with Gasteiger partial charge in [-0.1, -0.05) is 0 Å². The Bertz CT molecular complexity index is 367. The van der Waals surface area contributed by atoms with E-state index < -0.39 is 5.97 Å². The van der Waals surface area contributed by atoms with Gasteiger partial charge in [-0.15, -0.1) is 0 Å². The van der Waals surface area contributed by atoms with Crippen molar-refractivity contribution >= 4 is 17.9 Å². The lowest BCUT2D eigenvalue weighted by Crippen LogP contribution is -2.43. The molecule has 1 aliphatic carbocycles. The van der Waals surface area contributed by atoms with E-state index in [-0.39, 0.29) is 50.0 Å². The van der Waals surface area contributed by atoms with Crippen molar-refractivity contribution in [1.82, 2.24) is 15.5 Å². The Balaban J connectivity index is 2.28. The summed E-state index contributed by atoms with van der Waals surface area (Å²) < 4.78 is 0. The number of urea groups is 1. The van der Waals surface area contributed by atoms with Gasteiger partial charge in [-0.05, 0) is 26.7 Å². The smallest absolute Gasteiger partial charge is 0.317 e. The molecular weight excluding hydrogens is 262 g/mol. The monoisotopic (exact) mass is 285 g/mol. The van der Waals surface area contributed by atoms with E-state index in [1.807, 2.05) is 13.8 Å². The van der Waals surface area contributed by atoms with E-state index in [9.17, 15) is 14.4 Å². The Morgan fingerprint density at radius 3 is 2.40 bits per heavy atom. The van der Waals surface area contributed by atoms with E-state index in [4.69, 9.17) is 5.11 Å². The van der Waals surface area contributed by atoms with Gasteiger partial charge in [0.1, 0.15) is 0 Å². The molecule has 0 atom stereocenters. The lowest BCUT2D eigenvalue weighted by molar-refractivity contribution is -0.137. The largest absolute Gasteiger partial charge is 0.481 e.